The Bertz CT molecular complexity index is 150. The summed E-state index contributed by atoms with van der Waals surface area (Å²) >= 11 is 0. The van der Waals surface area contributed by atoms with Crippen LogP contribution >= 0.6 is 0 Å². The van der Waals surface area contributed by atoms with Crippen LogP contribution in [0.3, 0.4) is 0 Å². The second-order valence-corrected chi connectivity index (χ2v) is 5.33. The molecule has 104 valence electrons. The third-order valence-corrected chi connectivity index (χ3v) is 3.65. The van der Waals surface area contributed by atoms with Gasteiger partial charge in [0.2, 0.25) is 0 Å². The average molecular weight is 243 g/mol. The van der Waals surface area contributed by atoms with Crippen LogP contribution in [0, 0.1) is 5.92 Å². The summed E-state index contributed by atoms with van der Waals surface area (Å²) in [6.45, 7) is 5.34. The molecule has 0 aromatic rings. The van der Waals surface area contributed by atoms with Gasteiger partial charge in [0.05, 0.1) is 0 Å². The zero-order chi connectivity index (χ0) is 12.9. The van der Waals surface area contributed by atoms with Crippen LogP contribution in [0.25, 0.3) is 0 Å². The van der Waals surface area contributed by atoms with Crippen molar-refractivity contribution < 1.29 is 4.74 Å². The van der Waals surface area contributed by atoms with E-state index in [9.17, 15) is 0 Å². The van der Waals surface area contributed by atoms with Crippen molar-refractivity contribution in [1.29, 1.82) is 0 Å². The quantitative estimate of drug-likeness (QED) is 0.523. The maximum absolute atomic E-state index is 6.16. The topological polar surface area (TPSA) is 35.2 Å². The lowest BCUT2D eigenvalue weighted by molar-refractivity contribution is 0.173. The second kappa shape index (κ2) is 12.4. The van der Waals surface area contributed by atoms with E-state index in [1.807, 2.05) is 0 Å². The molecular formula is C15H33NO. The molecule has 0 aliphatic heterocycles. The highest BCUT2D eigenvalue weighted by Gasteiger charge is 2.11. The molecule has 0 heterocycles. The molecule has 0 saturated heterocycles. The van der Waals surface area contributed by atoms with Gasteiger partial charge in [-0.05, 0) is 18.8 Å². The van der Waals surface area contributed by atoms with E-state index in [2.05, 4.69) is 13.8 Å². The molecule has 2 heteroatoms. The van der Waals surface area contributed by atoms with Crippen LogP contribution in [-0.4, -0.2) is 19.8 Å². The Kier molecular flexibility index (Phi) is 12.3. The minimum absolute atomic E-state index is 0.362. The third kappa shape index (κ3) is 10.8. The highest BCUT2D eigenvalue weighted by Crippen LogP contribution is 2.14. The van der Waals surface area contributed by atoms with Crippen LogP contribution in [-0.2, 0) is 4.74 Å². The summed E-state index contributed by atoms with van der Waals surface area (Å²) in [5.41, 5.74) is 6.16. The second-order valence-electron chi connectivity index (χ2n) is 5.33. The summed E-state index contributed by atoms with van der Waals surface area (Å²) in [7, 11) is 1.76. The Morgan fingerprint density at radius 1 is 0.941 bits per heavy atom. The zero-order valence-corrected chi connectivity index (χ0v) is 12.2. The van der Waals surface area contributed by atoms with Gasteiger partial charge in [0.15, 0.2) is 0 Å². The van der Waals surface area contributed by atoms with Gasteiger partial charge in [-0.15, -0.1) is 0 Å². The van der Waals surface area contributed by atoms with Gasteiger partial charge in [-0.3, -0.25) is 0 Å². The fraction of sp³-hybridized carbons (Fsp3) is 1.00. The maximum Gasteiger partial charge on any atom is 0.0465 e. The van der Waals surface area contributed by atoms with Crippen molar-refractivity contribution in [2.75, 3.05) is 13.7 Å². The standard InChI is InChI=1S/C15H33NO/c1-4-5-6-7-8-9-10-11-15(16)14(2)12-13-17-3/h14-15H,4-13,16H2,1-3H3. The molecule has 2 N–H and O–H groups in total. The van der Waals surface area contributed by atoms with Crippen molar-refractivity contribution in [3.8, 4) is 0 Å². The van der Waals surface area contributed by atoms with Gasteiger partial charge in [0, 0.05) is 19.8 Å². The first-order chi connectivity index (χ1) is 8.22. The smallest absolute Gasteiger partial charge is 0.0465 e. The van der Waals surface area contributed by atoms with Crippen molar-refractivity contribution in [1.82, 2.24) is 0 Å². The molecule has 0 saturated carbocycles. The van der Waals surface area contributed by atoms with E-state index in [4.69, 9.17) is 10.5 Å². The van der Waals surface area contributed by atoms with E-state index >= 15 is 0 Å². The number of ether oxygens (including phenoxy) is 1. The molecule has 17 heavy (non-hydrogen) atoms. The molecule has 0 aliphatic rings. The van der Waals surface area contributed by atoms with Crippen LogP contribution in [0.2, 0.25) is 0 Å². The summed E-state index contributed by atoms with van der Waals surface area (Å²) in [5, 5.41) is 0. The number of methoxy groups -OCH3 is 1. The van der Waals surface area contributed by atoms with Crippen LogP contribution in [0.15, 0.2) is 0 Å². The molecule has 0 radical (unpaired) electrons. The normalized spacial score (nSPS) is 14.8. The number of unbranched alkanes of at least 4 members (excludes halogenated alkanes) is 6. The van der Waals surface area contributed by atoms with Gasteiger partial charge in [0.25, 0.3) is 0 Å². The Morgan fingerprint density at radius 3 is 2.12 bits per heavy atom. The Balaban J connectivity index is 3.28. The summed E-state index contributed by atoms with van der Waals surface area (Å²) in [6, 6.07) is 0.362. The molecule has 0 bridgehead atoms. The first-order valence-corrected chi connectivity index (χ1v) is 7.46. The third-order valence-electron chi connectivity index (χ3n) is 3.65. The molecule has 2 atom stereocenters. The minimum atomic E-state index is 0.362. The molecule has 0 spiro atoms. The number of nitrogens with two attached hydrogens (primary N) is 1. The monoisotopic (exact) mass is 243 g/mol. The number of hydrogen-bond donors (Lipinski definition) is 1. The van der Waals surface area contributed by atoms with Crippen LogP contribution in [0.1, 0.15) is 71.6 Å². The summed E-state index contributed by atoms with van der Waals surface area (Å²) in [4.78, 5) is 0. The predicted molar refractivity (Wildman–Crippen MR) is 76.2 cm³/mol. The van der Waals surface area contributed by atoms with E-state index in [1.165, 1.54) is 51.4 Å². The maximum atomic E-state index is 6.16. The molecule has 0 rings (SSSR count). The molecule has 2 nitrogen and oxygen atoms in total. The van der Waals surface area contributed by atoms with E-state index < -0.39 is 0 Å². The lowest BCUT2D eigenvalue weighted by Gasteiger charge is -2.19. The Labute approximate surface area is 108 Å². The highest BCUT2D eigenvalue weighted by molar-refractivity contribution is 4.69. The average Bonchev–Trinajstić information content (AvgIpc) is 2.34. The largest absolute Gasteiger partial charge is 0.385 e. The lowest BCUT2D eigenvalue weighted by Crippen LogP contribution is -2.28. The van der Waals surface area contributed by atoms with Crippen LogP contribution in [0.5, 0.6) is 0 Å². The van der Waals surface area contributed by atoms with Gasteiger partial charge in [-0.1, -0.05) is 58.8 Å². The fourth-order valence-electron chi connectivity index (χ4n) is 2.14. The van der Waals surface area contributed by atoms with E-state index in [-0.39, 0.29) is 0 Å². The van der Waals surface area contributed by atoms with Gasteiger partial charge < -0.3 is 10.5 Å². The van der Waals surface area contributed by atoms with Crippen molar-refractivity contribution in [2.45, 2.75) is 77.7 Å². The Hall–Kier alpha value is -0.0800. The summed E-state index contributed by atoms with van der Waals surface area (Å²) in [6.07, 6.45) is 11.9. The highest BCUT2D eigenvalue weighted by atomic mass is 16.5. The first-order valence-electron chi connectivity index (χ1n) is 7.46. The molecule has 2 unspecified atom stereocenters. The first kappa shape index (κ1) is 16.9. The summed E-state index contributed by atoms with van der Waals surface area (Å²) in [5.74, 6) is 0.593. The van der Waals surface area contributed by atoms with Crippen molar-refractivity contribution in [3.63, 3.8) is 0 Å². The summed E-state index contributed by atoms with van der Waals surface area (Å²) < 4.78 is 5.09. The number of rotatable bonds is 12. The molecule has 0 fully saturated rings. The molecule has 0 amide bonds. The molecule has 0 aliphatic carbocycles. The molecule has 0 aromatic heterocycles. The van der Waals surface area contributed by atoms with E-state index in [1.54, 1.807) is 7.11 Å². The van der Waals surface area contributed by atoms with Gasteiger partial charge in [0.1, 0.15) is 0 Å². The minimum Gasteiger partial charge on any atom is -0.385 e. The van der Waals surface area contributed by atoms with Crippen LogP contribution < -0.4 is 5.73 Å². The van der Waals surface area contributed by atoms with Crippen LogP contribution in [0.4, 0.5) is 0 Å². The van der Waals surface area contributed by atoms with Gasteiger partial charge >= 0.3 is 0 Å². The lowest BCUT2D eigenvalue weighted by atomic mass is 9.94. The van der Waals surface area contributed by atoms with E-state index in [0.717, 1.165) is 13.0 Å². The van der Waals surface area contributed by atoms with E-state index in [0.29, 0.717) is 12.0 Å². The number of hydrogen-bond acceptors (Lipinski definition) is 2. The van der Waals surface area contributed by atoms with Gasteiger partial charge in [-0.25, -0.2) is 0 Å². The van der Waals surface area contributed by atoms with Crippen molar-refractivity contribution in [2.24, 2.45) is 11.7 Å². The van der Waals surface area contributed by atoms with Crippen molar-refractivity contribution >= 4 is 0 Å². The predicted octanol–water partition coefficient (Wildman–Crippen LogP) is 4.13. The van der Waals surface area contributed by atoms with Gasteiger partial charge in [-0.2, -0.15) is 0 Å². The zero-order valence-electron chi connectivity index (χ0n) is 12.2. The fourth-order valence-corrected chi connectivity index (χ4v) is 2.14. The molecular weight excluding hydrogens is 210 g/mol. The molecule has 0 aromatic carbocycles. The Morgan fingerprint density at radius 2 is 1.53 bits per heavy atom. The SMILES string of the molecule is CCCCCCCCCC(N)C(C)CCOC. The van der Waals surface area contributed by atoms with Crippen molar-refractivity contribution in [3.05, 3.63) is 0 Å².